The van der Waals surface area contributed by atoms with E-state index in [0.29, 0.717) is 21.9 Å². The summed E-state index contributed by atoms with van der Waals surface area (Å²) in [6.07, 6.45) is 0. The van der Waals surface area contributed by atoms with Crippen LogP contribution in [0.25, 0.3) is 33.1 Å². The maximum atomic E-state index is 12.7. The van der Waals surface area contributed by atoms with Crippen molar-refractivity contribution in [3.8, 4) is 11.1 Å². The van der Waals surface area contributed by atoms with E-state index in [1.165, 1.54) is 0 Å². The van der Waals surface area contributed by atoms with Crippen molar-refractivity contribution in [3.63, 3.8) is 0 Å². The summed E-state index contributed by atoms with van der Waals surface area (Å²) in [5.74, 6) is 0. The fourth-order valence-corrected chi connectivity index (χ4v) is 2.81. The first-order valence-corrected chi connectivity index (χ1v) is 10.5. The topological polar surface area (TPSA) is 30.2 Å². The summed E-state index contributed by atoms with van der Waals surface area (Å²) >= 11 is 3.48. The van der Waals surface area contributed by atoms with Gasteiger partial charge in [0.2, 0.25) is 5.43 Å². The van der Waals surface area contributed by atoms with E-state index < -0.39 is 7.81 Å². The molecule has 0 saturated heterocycles. The molecule has 4 aromatic rings. The SMILES string of the molecule is F[P-](F)(F)(F)(F)F.O=c1c2ccccc2oc2ccc(-c3ccc([SH2+])cc3)cc12. The second-order valence-corrected chi connectivity index (χ2v) is 8.67. The first-order chi connectivity index (χ1) is 13.2. The molecule has 10 heteroatoms. The molecule has 0 amide bonds. The van der Waals surface area contributed by atoms with Gasteiger partial charge in [-0.05, 0) is 72.3 Å². The minimum Gasteiger partial charge on any atom is -0.456 e. The van der Waals surface area contributed by atoms with Crippen molar-refractivity contribution in [2.24, 2.45) is 0 Å². The van der Waals surface area contributed by atoms with Crippen molar-refractivity contribution in [2.75, 3.05) is 0 Å². The van der Waals surface area contributed by atoms with Crippen molar-refractivity contribution in [1.29, 1.82) is 0 Å². The molecular formula is C19H13F6O2PS. The minimum atomic E-state index is -10.7. The second kappa shape index (κ2) is 6.50. The molecule has 0 saturated carbocycles. The Morgan fingerprint density at radius 3 is 1.83 bits per heavy atom. The normalized spacial score (nSPS) is 14.0. The van der Waals surface area contributed by atoms with E-state index in [9.17, 15) is 30.0 Å². The Morgan fingerprint density at radius 1 is 0.690 bits per heavy atom. The molecule has 0 atom stereocenters. The van der Waals surface area contributed by atoms with E-state index in [4.69, 9.17) is 4.42 Å². The van der Waals surface area contributed by atoms with Gasteiger partial charge in [-0.2, -0.15) is 0 Å². The first kappa shape index (κ1) is 21.2. The largest absolute Gasteiger partial charge is 0.456 e. The fourth-order valence-electron chi connectivity index (χ4n) is 2.65. The Kier molecular flexibility index (Phi) is 4.75. The van der Waals surface area contributed by atoms with Crippen molar-refractivity contribution in [3.05, 3.63) is 77.0 Å². The zero-order valence-electron chi connectivity index (χ0n) is 14.4. The van der Waals surface area contributed by atoms with Crippen LogP contribution in [-0.4, -0.2) is 0 Å². The summed E-state index contributed by atoms with van der Waals surface area (Å²) in [6, 6.07) is 21.1. The molecule has 0 bridgehead atoms. The Morgan fingerprint density at radius 2 is 1.21 bits per heavy atom. The van der Waals surface area contributed by atoms with Gasteiger partial charge < -0.3 is 4.42 Å². The molecule has 0 radical (unpaired) electrons. The Labute approximate surface area is 165 Å². The molecule has 0 aliphatic heterocycles. The Hall–Kier alpha value is -2.51. The zero-order valence-corrected chi connectivity index (χ0v) is 16.3. The fraction of sp³-hybridized carbons (Fsp3) is 0. The number of halogens is 6. The van der Waals surface area contributed by atoms with Gasteiger partial charge in [0.25, 0.3) is 0 Å². The minimum absolute atomic E-state index is 0.00967. The second-order valence-electron chi connectivity index (χ2n) is 6.17. The molecule has 29 heavy (non-hydrogen) atoms. The summed E-state index contributed by atoms with van der Waals surface area (Å²) in [5, 5.41) is 1.22. The van der Waals surface area contributed by atoms with Crippen LogP contribution in [-0.2, 0) is 12.6 Å². The smallest absolute Gasteiger partial charge is 0.200 e. The van der Waals surface area contributed by atoms with Gasteiger partial charge in [0.1, 0.15) is 16.1 Å². The van der Waals surface area contributed by atoms with Crippen LogP contribution in [0.15, 0.2) is 80.8 Å². The monoisotopic (exact) mass is 450 g/mol. The first-order valence-electron chi connectivity index (χ1n) is 8.01. The van der Waals surface area contributed by atoms with E-state index in [1.54, 1.807) is 6.07 Å². The van der Waals surface area contributed by atoms with Gasteiger partial charge in [-0.3, -0.25) is 4.79 Å². The van der Waals surface area contributed by atoms with Gasteiger partial charge in [0, 0.05) is 0 Å². The third-order valence-corrected chi connectivity index (χ3v) is 4.13. The third kappa shape index (κ3) is 6.24. The number of hydrogen-bond donors (Lipinski definition) is 0. The van der Waals surface area contributed by atoms with Crippen LogP contribution >= 0.6 is 7.81 Å². The summed E-state index contributed by atoms with van der Waals surface area (Å²) < 4.78 is 65.0. The van der Waals surface area contributed by atoms with Crippen LogP contribution < -0.4 is 5.43 Å². The average molecular weight is 450 g/mol. The Balaban J connectivity index is 0.000000298. The predicted molar refractivity (Wildman–Crippen MR) is 107 cm³/mol. The van der Waals surface area contributed by atoms with Crippen molar-refractivity contribution >= 4 is 42.4 Å². The molecule has 0 fully saturated rings. The maximum absolute atomic E-state index is 12.7. The zero-order chi connectivity index (χ0) is 21.5. The van der Waals surface area contributed by atoms with Crippen LogP contribution in [0.1, 0.15) is 0 Å². The van der Waals surface area contributed by atoms with Crippen LogP contribution in [0.5, 0.6) is 0 Å². The molecule has 4 rings (SSSR count). The predicted octanol–water partition coefficient (Wildman–Crippen LogP) is 7.37. The summed E-state index contributed by atoms with van der Waals surface area (Å²) in [6.45, 7) is 0. The molecule has 2 nitrogen and oxygen atoms in total. The molecule has 3 aromatic carbocycles. The molecular weight excluding hydrogens is 437 g/mol. The van der Waals surface area contributed by atoms with Gasteiger partial charge >= 0.3 is 33.0 Å². The van der Waals surface area contributed by atoms with E-state index in [2.05, 4.69) is 12.6 Å². The average Bonchev–Trinajstić information content (AvgIpc) is 2.60. The van der Waals surface area contributed by atoms with Crippen LogP contribution in [0.2, 0.25) is 0 Å². The summed E-state index contributed by atoms with van der Waals surface area (Å²) in [4.78, 5) is 13.7. The third-order valence-electron chi connectivity index (χ3n) is 3.79. The molecule has 0 unspecified atom stereocenters. The van der Waals surface area contributed by atoms with Crippen molar-refractivity contribution < 1.29 is 29.6 Å². The maximum Gasteiger partial charge on any atom is 0.200 e. The van der Waals surface area contributed by atoms with Crippen molar-refractivity contribution in [2.45, 2.75) is 4.90 Å². The summed E-state index contributed by atoms with van der Waals surface area (Å²) in [7, 11) is -10.7. The van der Waals surface area contributed by atoms with Crippen molar-refractivity contribution in [1.82, 2.24) is 0 Å². The van der Waals surface area contributed by atoms with E-state index in [0.717, 1.165) is 16.0 Å². The van der Waals surface area contributed by atoms with Crippen LogP contribution in [0, 0.1) is 0 Å². The molecule has 1 heterocycles. The summed E-state index contributed by atoms with van der Waals surface area (Å²) in [5.41, 5.74) is 3.31. The molecule has 154 valence electrons. The van der Waals surface area contributed by atoms with Crippen LogP contribution in [0.3, 0.4) is 0 Å². The molecule has 0 N–H and O–H groups in total. The quantitative estimate of drug-likeness (QED) is 0.131. The molecule has 0 aliphatic carbocycles. The number of benzene rings is 3. The van der Waals surface area contributed by atoms with Gasteiger partial charge in [0.15, 0.2) is 0 Å². The van der Waals surface area contributed by atoms with Gasteiger partial charge in [-0.1, -0.05) is 18.2 Å². The molecule has 0 aliphatic rings. The van der Waals surface area contributed by atoms with Gasteiger partial charge in [-0.15, -0.1) is 0 Å². The molecule has 1 aromatic heterocycles. The number of hydrogen-bond acceptors (Lipinski definition) is 2. The van der Waals surface area contributed by atoms with E-state index in [-0.39, 0.29) is 5.43 Å². The number of fused-ring (bicyclic) bond motifs is 2. The Bertz CT molecular complexity index is 1260. The number of para-hydroxylation sites is 1. The molecule has 0 spiro atoms. The van der Waals surface area contributed by atoms with E-state index in [1.807, 2.05) is 60.7 Å². The number of rotatable bonds is 1. The van der Waals surface area contributed by atoms with Crippen LogP contribution in [0.4, 0.5) is 25.2 Å². The van der Waals surface area contributed by atoms with Gasteiger partial charge in [-0.25, -0.2) is 0 Å². The van der Waals surface area contributed by atoms with Gasteiger partial charge in [0.05, 0.1) is 10.8 Å². The standard InChI is InChI=1S/C19H12O2S.F6P/c20-19-15-3-1-2-4-17(15)21-18-10-7-13(11-16(18)19)12-5-8-14(22)9-6-12;1-7(2,3,4,5)6/h1-11,22H;/q;-1/p+1. The van der Waals surface area contributed by atoms with E-state index >= 15 is 0 Å².